The maximum atomic E-state index is 6.15. The van der Waals surface area contributed by atoms with Gasteiger partial charge in [0.15, 0.2) is 0 Å². The first-order valence-electron chi connectivity index (χ1n) is 7.95. The van der Waals surface area contributed by atoms with Gasteiger partial charge in [0.1, 0.15) is 5.82 Å². The minimum atomic E-state index is 0.487. The highest BCUT2D eigenvalue weighted by Crippen LogP contribution is 2.37. The van der Waals surface area contributed by atoms with Crippen LogP contribution in [0, 0.1) is 5.92 Å². The van der Waals surface area contributed by atoms with Crippen LogP contribution in [-0.2, 0) is 5.88 Å². The molecule has 2 aromatic rings. The van der Waals surface area contributed by atoms with Gasteiger partial charge < -0.3 is 4.57 Å². The lowest BCUT2D eigenvalue weighted by molar-refractivity contribution is 0.263. The molecule has 4 heteroatoms. The fourth-order valence-corrected chi connectivity index (χ4v) is 4.26. The minimum Gasteiger partial charge on any atom is -0.324 e. The third-order valence-corrected chi connectivity index (χ3v) is 5.45. The molecule has 1 heterocycles. The quantitative estimate of drug-likeness (QED) is 0.598. The van der Waals surface area contributed by atoms with Crippen LogP contribution >= 0.6 is 27.5 Å². The van der Waals surface area contributed by atoms with Crippen LogP contribution in [0.25, 0.3) is 11.0 Å². The molecule has 1 aromatic carbocycles. The highest BCUT2D eigenvalue weighted by molar-refractivity contribution is 9.10. The number of halogens is 2. The van der Waals surface area contributed by atoms with Crippen molar-refractivity contribution in [1.29, 1.82) is 0 Å². The van der Waals surface area contributed by atoms with Crippen LogP contribution in [-0.4, -0.2) is 9.55 Å². The van der Waals surface area contributed by atoms with E-state index in [1.165, 1.54) is 44.0 Å². The van der Waals surface area contributed by atoms with Crippen molar-refractivity contribution in [3.8, 4) is 0 Å². The van der Waals surface area contributed by atoms with Crippen LogP contribution < -0.4 is 0 Å². The predicted molar refractivity (Wildman–Crippen MR) is 92.9 cm³/mol. The Balaban J connectivity index is 1.91. The fraction of sp³-hybridized carbons (Fsp3) is 0.588. The number of imidazole rings is 1. The molecule has 0 aliphatic heterocycles. The molecule has 0 bridgehead atoms. The van der Waals surface area contributed by atoms with Gasteiger partial charge in [-0.1, -0.05) is 35.7 Å². The largest absolute Gasteiger partial charge is 0.324 e. The first kappa shape index (κ1) is 15.4. The minimum absolute atomic E-state index is 0.487. The molecule has 21 heavy (non-hydrogen) atoms. The van der Waals surface area contributed by atoms with Gasteiger partial charge in [-0.2, -0.15) is 0 Å². The number of benzene rings is 1. The number of rotatable bonds is 4. The standard InChI is InChI=1S/C17H22BrClN2/c1-2-3-12-4-7-14(8-5-12)21-16-10-13(18)6-9-15(16)20-17(21)11-19/h6,9-10,12,14H,2-5,7-8,11H2,1H3. The molecule has 0 spiro atoms. The number of hydrogen-bond donors (Lipinski definition) is 0. The molecule has 1 fully saturated rings. The topological polar surface area (TPSA) is 17.8 Å². The number of fused-ring (bicyclic) bond motifs is 1. The summed E-state index contributed by atoms with van der Waals surface area (Å²) in [6, 6.07) is 6.87. The van der Waals surface area contributed by atoms with E-state index in [4.69, 9.17) is 16.6 Å². The summed E-state index contributed by atoms with van der Waals surface area (Å²) in [7, 11) is 0. The van der Waals surface area contributed by atoms with E-state index >= 15 is 0 Å². The highest BCUT2D eigenvalue weighted by Gasteiger charge is 2.25. The zero-order chi connectivity index (χ0) is 14.8. The predicted octanol–water partition coefficient (Wildman–Crippen LogP) is 6.07. The molecule has 114 valence electrons. The van der Waals surface area contributed by atoms with Crippen molar-refractivity contribution in [2.45, 2.75) is 57.4 Å². The Morgan fingerprint density at radius 3 is 2.71 bits per heavy atom. The van der Waals surface area contributed by atoms with Crippen LogP contribution in [0.15, 0.2) is 22.7 Å². The van der Waals surface area contributed by atoms with Crippen molar-refractivity contribution in [2.24, 2.45) is 5.92 Å². The summed E-state index contributed by atoms with van der Waals surface area (Å²) in [4.78, 5) is 4.71. The molecule has 0 N–H and O–H groups in total. The van der Waals surface area contributed by atoms with Crippen molar-refractivity contribution in [3.63, 3.8) is 0 Å². The van der Waals surface area contributed by atoms with Gasteiger partial charge in [0, 0.05) is 10.5 Å². The van der Waals surface area contributed by atoms with E-state index in [-0.39, 0.29) is 0 Å². The number of alkyl halides is 1. The molecular weight excluding hydrogens is 348 g/mol. The SMILES string of the molecule is CCCC1CCC(n2c(CCl)nc3ccc(Br)cc32)CC1. The highest BCUT2D eigenvalue weighted by atomic mass is 79.9. The maximum Gasteiger partial charge on any atom is 0.125 e. The monoisotopic (exact) mass is 368 g/mol. The van der Waals surface area contributed by atoms with Crippen molar-refractivity contribution >= 4 is 38.6 Å². The van der Waals surface area contributed by atoms with Crippen molar-refractivity contribution < 1.29 is 0 Å². The summed E-state index contributed by atoms with van der Waals surface area (Å²) in [5.41, 5.74) is 2.28. The second kappa shape index (κ2) is 6.70. The van der Waals surface area contributed by atoms with Crippen molar-refractivity contribution in [2.75, 3.05) is 0 Å². The number of hydrogen-bond acceptors (Lipinski definition) is 1. The third-order valence-electron chi connectivity index (χ3n) is 4.72. The van der Waals surface area contributed by atoms with Crippen LogP contribution in [0.2, 0.25) is 0 Å². The summed E-state index contributed by atoms with van der Waals surface area (Å²) < 4.78 is 3.51. The second-order valence-corrected chi connectivity index (χ2v) is 7.31. The Hall–Kier alpha value is -0.540. The fourth-order valence-electron chi connectivity index (χ4n) is 3.72. The van der Waals surface area contributed by atoms with Gasteiger partial charge in [0.05, 0.1) is 16.9 Å². The molecule has 1 aliphatic carbocycles. The Morgan fingerprint density at radius 1 is 1.29 bits per heavy atom. The van der Waals surface area contributed by atoms with E-state index < -0.39 is 0 Å². The van der Waals surface area contributed by atoms with E-state index in [0.29, 0.717) is 11.9 Å². The Labute approximate surface area is 140 Å². The molecule has 0 amide bonds. The van der Waals surface area contributed by atoms with Gasteiger partial charge in [-0.05, 0) is 49.8 Å². The Bertz CT molecular complexity index is 615. The van der Waals surface area contributed by atoms with Gasteiger partial charge in [0.25, 0.3) is 0 Å². The van der Waals surface area contributed by atoms with Crippen molar-refractivity contribution in [3.05, 3.63) is 28.5 Å². The van der Waals surface area contributed by atoms with E-state index in [0.717, 1.165) is 21.7 Å². The molecule has 1 saturated carbocycles. The van der Waals surface area contributed by atoms with E-state index in [2.05, 4.69) is 45.6 Å². The van der Waals surface area contributed by atoms with E-state index in [1.54, 1.807) is 0 Å². The van der Waals surface area contributed by atoms with Crippen molar-refractivity contribution in [1.82, 2.24) is 9.55 Å². The molecule has 0 saturated heterocycles. The summed E-state index contributed by atoms with van der Waals surface area (Å²) >= 11 is 9.72. The zero-order valence-corrected chi connectivity index (χ0v) is 14.8. The zero-order valence-electron chi connectivity index (χ0n) is 12.5. The van der Waals surface area contributed by atoms with E-state index in [1.807, 2.05) is 0 Å². The average molecular weight is 370 g/mol. The van der Waals surface area contributed by atoms with Crippen LogP contribution in [0.3, 0.4) is 0 Å². The smallest absolute Gasteiger partial charge is 0.125 e. The van der Waals surface area contributed by atoms with Gasteiger partial charge in [-0.25, -0.2) is 4.98 Å². The molecule has 0 atom stereocenters. The Kier molecular flexibility index (Phi) is 4.90. The van der Waals surface area contributed by atoms with Gasteiger partial charge in [0.2, 0.25) is 0 Å². The summed E-state index contributed by atoms with van der Waals surface area (Å²) in [5.74, 6) is 2.43. The second-order valence-electron chi connectivity index (χ2n) is 6.13. The van der Waals surface area contributed by atoms with Gasteiger partial charge >= 0.3 is 0 Å². The lowest BCUT2D eigenvalue weighted by Crippen LogP contribution is -2.19. The summed E-state index contributed by atoms with van der Waals surface area (Å²) in [5, 5.41) is 0. The molecule has 1 aliphatic rings. The lowest BCUT2D eigenvalue weighted by Gasteiger charge is -2.30. The molecule has 1 aromatic heterocycles. The molecule has 0 unspecified atom stereocenters. The van der Waals surface area contributed by atoms with E-state index in [9.17, 15) is 0 Å². The molecular formula is C17H22BrClN2. The van der Waals surface area contributed by atoms with Gasteiger partial charge in [-0.3, -0.25) is 0 Å². The first-order chi connectivity index (χ1) is 10.2. The molecule has 3 rings (SSSR count). The maximum absolute atomic E-state index is 6.15. The molecule has 0 radical (unpaired) electrons. The summed E-state index contributed by atoms with van der Waals surface area (Å²) in [6.07, 6.45) is 7.88. The van der Waals surface area contributed by atoms with Crippen LogP contribution in [0.4, 0.5) is 0 Å². The molecule has 2 nitrogen and oxygen atoms in total. The van der Waals surface area contributed by atoms with Crippen LogP contribution in [0.5, 0.6) is 0 Å². The van der Waals surface area contributed by atoms with Gasteiger partial charge in [-0.15, -0.1) is 11.6 Å². The first-order valence-corrected chi connectivity index (χ1v) is 9.28. The average Bonchev–Trinajstić information content (AvgIpc) is 2.86. The summed E-state index contributed by atoms with van der Waals surface area (Å²) in [6.45, 7) is 2.29. The number of nitrogens with zero attached hydrogens (tertiary/aromatic N) is 2. The third kappa shape index (κ3) is 3.14. The lowest BCUT2D eigenvalue weighted by atomic mass is 9.83. The number of aromatic nitrogens is 2. The Morgan fingerprint density at radius 2 is 2.05 bits per heavy atom. The van der Waals surface area contributed by atoms with Crippen LogP contribution in [0.1, 0.15) is 57.3 Å². The normalized spacial score (nSPS) is 22.8.